The second kappa shape index (κ2) is 2.43. The van der Waals surface area contributed by atoms with Gasteiger partial charge in [0.2, 0.25) is 0 Å². The van der Waals surface area contributed by atoms with Gasteiger partial charge in [-0.25, -0.2) is 0 Å². The first-order chi connectivity index (χ1) is 5.29. The molecule has 3 heteroatoms. The first-order valence-corrected chi connectivity index (χ1v) is 4.52. The predicted octanol–water partition coefficient (Wildman–Crippen LogP) is 2.97. The summed E-state index contributed by atoms with van der Waals surface area (Å²) in [6.45, 7) is 0. The van der Waals surface area contributed by atoms with Crippen LogP contribution in [0.15, 0.2) is 24.3 Å². The highest BCUT2D eigenvalue weighted by molar-refractivity contribution is 7.71. The van der Waals surface area contributed by atoms with Gasteiger partial charge in [0.1, 0.15) is 4.64 Å². The van der Waals surface area contributed by atoms with E-state index in [-0.39, 0.29) is 0 Å². The van der Waals surface area contributed by atoms with Crippen molar-refractivity contribution in [3.8, 4) is 0 Å². The van der Waals surface area contributed by atoms with Gasteiger partial charge in [0.15, 0.2) is 0 Å². The Morgan fingerprint density at radius 1 is 1.36 bits per heavy atom. The Hall–Kier alpha value is -0.670. The minimum absolute atomic E-state index is 0.936. The Morgan fingerprint density at radius 2 is 2.09 bits per heavy atom. The fourth-order valence-electron chi connectivity index (χ4n) is 1.08. The number of nitrogens with zero attached hydrogens (tertiary/aromatic N) is 1. The number of fused-ring (bicyclic) bond motifs is 1. The van der Waals surface area contributed by atoms with Crippen LogP contribution < -0.4 is 0 Å². The van der Waals surface area contributed by atoms with Crippen LogP contribution >= 0.6 is 23.8 Å². The third-order valence-electron chi connectivity index (χ3n) is 1.64. The van der Waals surface area contributed by atoms with Gasteiger partial charge in [-0.1, -0.05) is 41.9 Å². The first-order valence-electron chi connectivity index (χ1n) is 3.34. The van der Waals surface area contributed by atoms with Crippen LogP contribution in [0.4, 0.5) is 0 Å². The van der Waals surface area contributed by atoms with Crippen LogP contribution in [0.3, 0.4) is 0 Å². The highest BCUT2D eigenvalue weighted by Gasteiger charge is 1.97. The van der Waals surface area contributed by atoms with Gasteiger partial charge in [-0.2, -0.15) is 0 Å². The topological polar surface area (TPSA) is 4.93 Å². The lowest BCUT2D eigenvalue weighted by molar-refractivity contribution is 1.02. The number of benzene rings is 1. The van der Waals surface area contributed by atoms with Crippen LogP contribution in [-0.4, -0.2) is 3.96 Å². The maximum absolute atomic E-state index is 5.20. The Morgan fingerprint density at radius 3 is 2.82 bits per heavy atom. The van der Waals surface area contributed by atoms with Crippen molar-refractivity contribution in [3.63, 3.8) is 0 Å². The molecule has 0 spiro atoms. The van der Waals surface area contributed by atoms with Gasteiger partial charge in [-0.05, 0) is 6.07 Å². The van der Waals surface area contributed by atoms with Gasteiger partial charge in [-0.15, -0.1) is 0 Å². The molecule has 0 saturated heterocycles. The van der Waals surface area contributed by atoms with Crippen LogP contribution in [0, 0.1) is 4.64 Å². The van der Waals surface area contributed by atoms with E-state index in [0.29, 0.717) is 0 Å². The fraction of sp³-hybridized carbons (Fsp3) is 0.125. The zero-order valence-electron chi connectivity index (χ0n) is 6.07. The number of aryl methyl sites for hydroxylation is 1. The fourth-order valence-corrected chi connectivity index (χ4v) is 2.31. The quantitative estimate of drug-likeness (QED) is 0.566. The minimum Gasteiger partial charge on any atom is -0.290 e. The van der Waals surface area contributed by atoms with Gasteiger partial charge >= 0.3 is 0 Å². The average Bonchev–Trinajstić information content (AvgIpc) is 2.30. The van der Waals surface area contributed by atoms with Gasteiger partial charge in [-0.3, -0.25) is 3.96 Å². The zero-order valence-corrected chi connectivity index (χ0v) is 7.71. The third-order valence-corrected chi connectivity index (χ3v) is 3.26. The largest absolute Gasteiger partial charge is 0.290 e. The molecule has 0 aliphatic rings. The second-order valence-corrected chi connectivity index (χ2v) is 3.95. The van der Waals surface area contributed by atoms with Crippen molar-refractivity contribution in [3.05, 3.63) is 28.9 Å². The monoisotopic (exact) mass is 181 g/mol. The molecule has 2 aromatic rings. The summed E-state index contributed by atoms with van der Waals surface area (Å²) in [4.78, 5) is 0. The molecule has 11 heavy (non-hydrogen) atoms. The molecular weight excluding hydrogens is 174 g/mol. The van der Waals surface area contributed by atoms with Gasteiger partial charge < -0.3 is 0 Å². The molecule has 56 valence electrons. The van der Waals surface area contributed by atoms with Crippen LogP contribution in [0.2, 0.25) is 0 Å². The van der Waals surface area contributed by atoms with E-state index < -0.39 is 0 Å². The second-order valence-electron chi connectivity index (χ2n) is 2.39. The minimum atomic E-state index is 0.936. The van der Waals surface area contributed by atoms with E-state index in [0.717, 1.165) is 4.64 Å². The van der Waals surface area contributed by atoms with Crippen molar-refractivity contribution in [1.29, 1.82) is 0 Å². The molecule has 0 N–H and O–H groups in total. The molecule has 2 rings (SSSR count). The molecular formula is C8H7NS2. The summed E-state index contributed by atoms with van der Waals surface area (Å²) in [5.74, 6) is 0. The van der Waals surface area contributed by atoms with E-state index in [1.54, 1.807) is 11.5 Å². The van der Waals surface area contributed by atoms with Crippen molar-refractivity contribution >= 4 is 33.8 Å². The van der Waals surface area contributed by atoms with Gasteiger partial charge in [0, 0.05) is 12.4 Å². The summed E-state index contributed by atoms with van der Waals surface area (Å²) in [7, 11) is 1.99. The smallest absolute Gasteiger partial charge is 0.123 e. The lowest BCUT2D eigenvalue weighted by Gasteiger charge is -1.81. The Labute approximate surface area is 74.0 Å². The van der Waals surface area contributed by atoms with Gasteiger partial charge in [0.25, 0.3) is 0 Å². The zero-order chi connectivity index (χ0) is 7.84. The van der Waals surface area contributed by atoms with E-state index in [1.807, 2.05) is 23.1 Å². The summed E-state index contributed by atoms with van der Waals surface area (Å²) >= 11 is 6.89. The van der Waals surface area contributed by atoms with Crippen molar-refractivity contribution < 1.29 is 0 Å². The Bertz CT molecular complexity index is 439. The molecule has 1 aromatic heterocycles. The standard InChI is InChI=1S/C8H7NS2/c1-9-8(10)6-4-2-3-5-7(6)11-9/h2-5H,1H3. The predicted molar refractivity (Wildman–Crippen MR) is 51.6 cm³/mol. The molecule has 0 radical (unpaired) electrons. The van der Waals surface area contributed by atoms with E-state index >= 15 is 0 Å². The van der Waals surface area contributed by atoms with Crippen LogP contribution in [-0.2, 0) is 7.05 Å². The first kappa shape index (κ1) is 7.00. The van der Waals surface area contributed by atoms with Gasteiger partial charge in [0.05, 0.1) is 4.70 Å². The summed E-state index contributed by atoms with van der Waals surface area (Å²) in [5, 5.41) is 1.19. The number of aromatic nitrogens is 1. The molecule has 0 unspecified atom stereocenters. The van der Waals surface area contributed by atoms with E-state index in [1.165, 1.54) is 10.1 Å². The van der Waals surface area contributed by atoms with Crippen molar-refractivity contribution in [2.75, 3.05) is 0 Å². The SMILES string of the molecule is Cn1sc2ccccc2c1=S. The van der Waals surface area contributed by atoms with E-state index in [4.69, 9.17) is 12.2 Å². The number of hydrogen-bond acceptors (Lipinski definition) is 2. The molecule has 1 aromatic carbocycles. The molecule has 0 saturated carbocycles. The van der Waals surface area contributed by atoms with Crippen molar-refractivity contribution in [2.45, 2.75) is 0 Å². The van der Waals surface area contributed by atoms with Crippen LogP contribution in [0.25, 0.3) is 10.1 Å². The van der Waals surface area contributed by atoms with Crippen molar-refractivity contribution in [2.24, 2.45) is 7.05 Å². The number of hydrogen-bond donors (Lipinski definition) is 0. The lowest BCUT2D eigenvalue weighted by atomic mass is 10.3. The summed E-state index contributed by atoms with van der Waals surface area (Å²) in [5.41, 5.74) is 0. The summed E-state index contributed by atoms with van der Waals surface area (Å²) in [6, 6.07) is 8.21. The molecule has 0 atom stereocenters. The highest BCUT2D eigenvalue weighted by Crippen LogP contribution is 2.20. The maximum atomic E-state index is 5.20. The molecule has 0 aliphatic carbocycles. The van der Waals surface area contributed by atoms with E-state index in [9.17, 15) is 0 Å². The molecule has 1 heterocycles. The normalized spacial score (nSPS) is 10.6. The average molecular weight is 181 g/mol. The van der Waals surface area contributed by atoms with E-state index in [2.05, 4.69) is 12.1 Å². The molecule has 1 nitrogen and oxygen atoms in total. The molecule has 0 bridgehead atoms. The third kappa shape index (κ3) is 1.01. The Balaban J connectivity index is 3.04. The molecule has 0 amide bonds. The van der Waals surface area contributed by atoms with Crippen molar-refractivity contribution in [1.82, 2.24) is 3.96 Å². The maximum Gasteiger partial charge on any atom is 0.123 e. The molecule has 0 fully saturated rings. The summed E-state index contributed by atoms with van der Waals surface area (Å²) < 4.78 is 4.21. The lowest BCUT2D eigenvalue weighted by Crippen LogP contribution is -1.76. The number of rotatable bonds is 0. The highest BCUT2D eigenvalue weighted by atomic mass is 32.1. The summed E-state index contributed by atoms with van der Waals surface area (Å²) in [6.07, 6.45) is 0. The molecule has 0 aliphatic heterocycles. The van der Waals surface area contributed by atoms with Crippen LogP contribution in [0.1, 0.15) is 0 Å². The van der Waals surface area contributed by atoms with Crippen LogP contribution in [0.5, 0.6) is 0 Å². The Kier molecular flexibility index (Phi) is 1.55.